The number of likely N-dealkylation sites (N-methyl/N-ethyl adjacent to an activating group) is 1. The second-order valence-corrected chi connectivity index (χ2v) is 6.46. The second kappa shape index (κ2) is 8.35. The maximum absolute atomic E-state index is 12.5. The van der Waals surface area contributed by atoms with Crippen LogP contribution in [-0.2, 0) is 11.2 Å². The first kappa shape index (κ1) is 18.5. The van der Waals surface area contributed by atoms with Crippen molar-refractivity contribution in [3.63, 3.8) is 0 Å². The average Bonchev–Trinajstić information content (AvgIpc) is 3.04. The predicted molar refractivity (Wildman–Crippen MR) is 92.5 cm³/mol. The number of ether oxygens (including phenoxy) is 2. The maximum Gasteiger partial charge on any atom is 0.222 e. The van der Waals surface area contributed by atoms with E-state index in [9.17, 15) is 9.90 Å². The second-order valence-electron chi connectivity index (χ2n) is 6.46. The molecule has 2 rings (SSSR count). The van der Waals surface area contributed by atoms with Crippen LogP contribution in [0.5, 0.6) is 11.5 Å². The minimum atomic E-state index is 0.113. The van der Waals surface area contributed by atoms with Crippen LogP contribution in [-0.4, -0.2) is 74.9 Å². The molecular weight excluding hydrogens is 308 g/mol. The van der Waals surface area contributed by atoms with Crippen LogP contribution in [0.3, 0.4) is 0 Å². The van der Waals surface area contributed by atoms with Crippen LogP contribution < -0.4 is 9.47 Å². The van der Waals surface area contributed by atoms with Crippen LogP contribution in [0.15, 0.2) is 18.2 Å². The Labute approximate surface area is 144 Å². The molecule has 0 saturated carbocycles. The molecular formula is C18H28N2O4. The molecule has 1 heterocycles. The zero-order chi connectivity index (χ0) is 17.7. The van der Waals surface area contributed by atoms with Crippen molar-refractivity contribution in [3.8, 4) is 11.5 Å². The lowest BCUT2D eigenvalue weighted by Gasteiger charge is -2.23. The Morgan fingerprint density at radius 3 is 2.50 bits per heavy atom. The van der Waals surface area contributed by atoms with Crippen molar-refractivity contribution in [3.05, 3.63) is 23.8 Å². The summed E-state index contributed by atoms with van der Waals surface area (Å²) in [7, 11) is 7.19. The van der Waals surface area contributed by atoms with Crippen LogP contribution in [0, 0.1) is 5.92 Å². The number of amides is 1. The highest BCUT2D eigenvalue weighted by atomic mass is 16.5. The van der Waals surface area contributed by atoms with E-state index in [1.807, 2.05) is 37.2 Å². The Morgan fingerprint density at radius 1 is 1.25 bits per heavy atom. The smallest absolute Gasteiger partial charge is 0.222 e. The fourth-order valence-electron chi connectivity index (χ4n) is 3.27. The van der Waals surface area contributed by atoms with Crippen LogP contribution >= 0.6 is 0 Å². The molecule has 6 nitrogen and oxygen atoms in total. The van der Waals surface area contributed by atoms with E-state index in [0.717, 1.165) is 5.56 Å². The summed E-state index contributed by atoms with van der Waals surface area (Å²) in [6.45, 7) is 1.43. The molecule has 1 aromatic rings. The van der Waals surface area contributed by atoms with E-state index >= 15 is 0 Å². The standard InChI is InChI=1S/C18H28N2O4/c1-19(2)15-11-20(10-14(15)12-21)18(22)8-6-13-5-7-16(23-3)17(9-13)24-4/h5,7,9,14-15,21H,6,8,10-12H2,1-4H3/t14-,15+/m0/s1. The third-order valence-electron chi connectivity index (χ3n) is 4.73. The number of aliphatic hydroxyl groups is 1. The van der Waals surface area contributed by atoms with Gasteiger partial charge in [-0.05, 0) is 38.2 Å². The van der Waals surface area contributed by atoms with E-state index in [-0.39, 0.29) is 24.5 Å². The monoisotopic (exact) mass is 336 g/mol. The summed E-state index contributed by atoms with van der Waals surface area (Å²) in [5, 5.41) is 9.51. The zero-order valence-electron chi connectivity index (χ0n) is 15.0. The van der Waals surface area contributed by atoms with Crippen LogP contribution in [0.1, 0.15) is 12.0 Å². The van der Waals surface area contributed by atoms with Gasteiger partial charge in [-0.15, -0.1) is 0 Å². The first-order valence-electron chi connectivity index (χ1n) is 8.26. The molecule has 1 saturated heterocycles. The van der Waals surface area contributed by atoms with Crippen molar-refractivity contribution < 1.29 is 19.4 Å². The summed E-state index contributed by atoms with van der Waals surface area (Å²) < 4.78 is 10.5. The molecule has 0 bridgehead atoms. The van der Waals surface area contributed by atoms with Gasteiger partial charge in [0, 0.05) is 38.1 Å². The maximum atomic E-state index is 12.5. The van der Waals surface area contributed by atoms with Crippen molar-refractivity contribution in [2.75, 3.05) is 48.0 Å². The lowest BCUT2D eigenvalue weighted by Crippen LogP contribution is -2.37. The molecule has 0 aliphatic carbocycles. The van der Waals surface area contributed by atoms with Gasteiger partial charge in [-0.3, -0.25) is 4.79 Å². The Morgan fingerprint density at radius 2 is 1.96 bits per heavy atom. The van der Waals surface area contributed by atoms with E-state index in [1.165, 1.54) is 0 Å². The molecule has 1 N–H and O–H groups in total. The van der Waals surface area contributed by atoms with E-state index in [1.54, 1.807) is 14.2 Å². The van der Waals surface area contributed by atoms with Crippen LogP contribution in [0.2, 0.25) is 0 Å². The normalized spacial score (nSPS) is 20.5. The van der Waals surface area contributed by atoms with Gasteiger partial charge < -0.3 is 24.4 Å². The van der Waals surface area contributed by atoms with Crippen LogP contribution in [0.4, 0.5) is 0 Å². The number of hydrogen-bond donors (Lipinski definition) is 1. The summed E-state index contributed by atoms with van der Waals surface area (Å²) in [5.74, 6) is 1.63. The van der Waals surface area contributed by atoms with Crippen molar-refractivity contribution in [2.45, 2.75) is 18.9 Å². The highest BCUT2D eigenvalue weighted by Crippen LogP contribution is 2.28. The molecule has 1 aliphatic rings. The van der Waals surface area contributed by atoms with Crippen molar-refractivity contribution in [1.82, 2.24) is 9.80 Å². The first-order valence-corrected chi connectivity index (χ1v) is 8.26. The highest BCUT2D eigenvalue weighted by molar-refractivity contribution is 5.77. The van der Waals surface area contributed by atoms with Gasteiger partial charge in [0.1, 0.15) is 0 Å². The topological polar surface area (TPSA) is 62.2 Å². The quantitative estimate of drug-likeness (QED) is 0.805. The van der Waals surface area contributed by atoms with Gasteiger partial charge in [-0.25, -0.2) is 0 Å². The van der Waals surface area contributed by atoms with E-state index in [4.69, 9.17) is 9.47 Å². The summed E-state index contributed by atoms with van der Waals surface area (Å²) in [6, 6.07) is 5.95. The van der Waals surface area contributed by atoms with E-state index in [2.05, 4.69) is 4.90 Å². The summed E-state index contributed by atoms with van der Waals surface area (Å²) in [6.07, 6.45) is 1.11. The van der Waals surface area contributed by atoms with Gasteiger partial charge in [0.2, 0.25) is 5.91 Å². The van der Waals surface area contributed by atoms with Gasteiger partial charge in [0.05, 0.1) is 14.2 Å². The highest BCUT2D eigenvalue weighted by Gasteiger charge is 2.35. The molecule has 1 aromatic carbocycles. The molecule has 1 amide bonds. The minimum absolute atomic E-state index is 0.113. The Balaban J connectivity index is 1.94. The fraction of sp³-hybridized carbons (Fsp3) is 0.611. The number of benzene rings is 1. The van der Waals surface area contributed by atoms with Gasteiger partial charge in [-0.2, -0.15) is 0 Å². The lowest BCUT2D eigenvalue weighted by atomic mass is 10.0. The largest absolute Gasteiger partial charge is 0.493 e. The molecule has 0 spiro atoms. The third-order valence-corrected chi connectivity index (χ3v) is 4.73. The molecule has 134 valence electrons. The SMILES string of the molecule is COc1ccc(CCC(=O)N2C[C@@H](CO)[C@H](N(C)C)C2)cc1OC. The summed E-state index contributed by atoms with van der Waals surface area (Å²) in [4.78, 5) is 16.4. The van der Waals surface area contributed by atoms with Gasteiger partial charge in [-0.1, -0.05) is 6.07 Å². The lowest BCUT2D eigenvalue weighted by molar-refractivity contribution is -0.130. The Kier molecular flexibility index (Phi) is 6.45. The van der Waals surface area contributed by atoms with E-state index < -0.39 is 0 Å². The number of nitrogens with zero attached hydrogens (tertiary/aromatic N) is 2. The number of carbonyl (C=O) groups excluding carboxylic acids is 1. The number of rotatable bonds is 7. The molecule has 2 atom stereocenters. The van der Waals surface area contributed by atoms with Gasteiger partial charge >= 0.3 is 0 Å². The van der Waals surface area contributed by atoms with Crippen molar-refractivity contribution >= 4 is 5.91 Å². The molecule has 0 aromatic heterocycles. The molecule has 0 radical (unpaired) electrons. The van der Waals surface area contributed by atoms with Gasteiger partial charge in [0.25, 0.3) is 0 Å². The molecule has 6 heteroatoms. The number of hydrogen-bond acceptors (Lipinski definition) is 5. The van der Waals surface area contributed by atoms with E-state index in [0.29, 0.717) is 37.4 Å². The Hall–Kier alpha value is -1.79. The van der Waals surface area contributed by atoms with Crippen LogP contribution in [0.25, 0.3) is 0 Å². The van der Waals surface area contributed by atoms with Gasteiger partial charge in [0.15, 0.2) is 11.5 Å². The zero-order valence-corrected chi connectivity index (χ0v) is 15.0. The molecule has 24 heavy (non-hydrogen) atoms. The minimum Gasteiger partial charge on any atom is -0.493 e. The fourth-order valence-corrected chi connectivity index (χ4v) is 3.27. The summed E-state index contributed by atoms with van der Waals surface area (Å²) in [5.41, 5.74) is 1.04. The predicted octanol–water partition coefficient (Wildman–Crippen LogP) is 1.02. The molecule has 0 unspecified atom stereocenters. The van der Waals surface area contributed by atoms with Crippen molar-refractivity contribution in [2.24, 2.45) is 5.92 Å². The number of likely N-dealkylation sites (tertiary alicyclic amines) is 1. The molecule has 1 aliphatic heterocycles. The Bertz CT molecular complexity index is 562. The summed E-state index contributed by atoms with van der Waals surface area (Å²) >= 11 is 0. The number of methoxy groups -OCH3 is 2. The number of aliphatic hydroxyl groups excluding tert-OH is 1. The molecule has 1 fully saturated rings. The first-order chi connectivity index (χ1) is 11.5. The third kappa shape index (κ3) is 4.19. The average molecular weight is 336 g/mol. The number of aryl methyl sites for hydroxylation is 1. The number of carbonyl (C=O) groups is 1. The van der Waals surface area contributed by atoms with Crippen molar-refractivity contribution in [1.29, 1.82) is 0 Å².